The zero-order valence-corrected chi connectivity index (χ0v) is 8.22. The zero-order chi connectivity index (χ0) is 8.43. The van der Waals surface area contributed by atoms with E-state index in [1.165, 1.54) is 12.8 Å². The summed E-state index contributed by atoms with van der Waals surface area (Å²) in [4.78, 5) is 0. The molecule has 0 saturated heterocycles. The highest BCUT2D eigenvalue weighted by atomic mass is 14.3. The molecule has 1 aliphatic rings. The quantitative estimate of drug-likeness (QED) is 0.503. The van der Waals surface area contributed by atoms with Gasteiger partial charge in [-0.25, -0.2) is 0 Å². The van der Waals surface area contributed by atoms with Crippen LogP contribution < -0.4 is 0 Å². The molecular formula is C11H20. The van der Waals surface area contributed by atoms with E-state index in [2.05, 4.69) is 33.8 Å². The average molecular weight is 152 g/mol. The summed E-state index contributed by atoms with van der Waals surface area (Å²) >= 11 is 0. The summed E-state index contributed by atoms with van der Waals surface area (Å²) in [6.45, 7) is 9.33. The van der Waals surface area contributed by atoms with Crippen molar-refractivity contribution in [1.29, 1.82) is 0 Å². The highest BCUT2D eigenvalue weighted by molar-refractivity contribution is 5.05. The minimum absolute atomic E-state index is 0.856. The van der Waals surface area contributed by atoms with Crippen molar-refractivity contribution < 1.29 is 0 Å². The van der Waals surface area contributed by atoms with Crippen LogP contribution in [-0.4, -0.2) is 0 Å². The lowest BCUT2D eigenvalue weighted by atomic mass is 9.75. The standard InChI is InChI=1S/C11H20/c1-8(2)11-6-5-9(3)7-10(11)4/h5,8,10-11H,6-7H2,1-4H3/t10-,11+/m1/s1. The lowest BCUT2D eigenvalue weighted by molar-refractivity contribution is 0.259. The first kappa shape index (κ1) is 8.83. The van der Waals surface area contributed by atoms with E-state index in [4.69, 9.17) is 0 Å². The van der Waals surface area contributed by atoms with Crippen LogP contribution in [0.25, 0.3) is 0 Å². The van der Waals surface area contributed by atoms with Crippen LogP contribution in [-0.2, 0) is 0 Å². The number of rotatable bonds is 1. The molecule has 0 spiro atoms. The van der Waals surface area contributed by atoms with E-state index in [0.29, 0.717) is 0 Å². The van der Waals surface area contributed by atoms with Gasteiger partial charge in [-0.1, -0.05) is 32.4 Å². The van der Waals surface area contributed by atoms with Gasteiger partial charge in [-0.15, -0.1) is 0 Å². The third kappa shape index (κ3) is 2.08. The molecular weight excluding hydrogens is 132 g/mol. The highest BCUT2D eigenvalue weighted by Crippen LogP contribution is 2.33. The first-order chi connectivity index (χ1) is 5.11. The molecule has 0 heterocycles. The molecule has 0 N–H and O–H groups in total. The predicted octanol–water partition coefficient (Wildman–Crippen LogP) is 3.63. The molecule has 11 heavy (non-hydrogen) atoms. The molecule has 1 aliphatic carbocycles. The summed E-state index contributed by atoms with van der Waals surface area (Å²) in [5.41, 5.74) is 1.59. The summed E-state index contributed by atoms with van der Waals surface area (Å²) < 4.78 is 0. The van der Waals surface area contributed by atoms with E-state index in [0.717, 1.165) is 17.8 Å². The van der Waals surface area contributed by atoms with Gasteiger partial charge >= 0.3 is 0 Å². The minimum Gasteiger partial charge on any atom is -0.0853 e. The second-order valence-electron chi connectivity index (χ2n) is 4.38. The van der Waals surface area contributed by atoms with Gasteiger partial charge in [0.1, 0.15) is 0 Å². The number of allylic oxidation sites excluding steroid dienone is 2. The van der Waals surface area contributed by atoms with Crippen molar-refractivity contribution in [1.82, 2.24) is 0 Å². The lowest BCUT2D eigenvalue weighted by Gasteiger charge is -2.30. The maximum atomic E-state index is 2.42. The van der Waals surface area contributed by atoms with Crippen molar-refractivity contribution in [3.63, 3.8) is 0 Å². The van der Waals surface area contributed by atoms with Crippen LogP contribution in [0.2, 0.25) is 0 Å². The van der Waals surface area contributed by atoms with E-state index in [9.17, 15) is 0 Å². The first-order valence-corrected chi connectivity index (χ1v) is 4.77. The third-order valence-corrected chi connectivity index (χ3v) is 2.97. The Kier molecular flexibility index (Phi) is 2.75. The predicted molar refractivity (Wildman–Crippen MR) is 50.5 cm³/mol. The van der Waals surface area contributed by atoms with Crippen molar-refractivity contribution >= 4 is 0 Å². The molecule has 0 bridgehead atoms. The topological polar surface area (TPSA) is 0 Å². The second kappa shape index (κ2) is 3.42. The normalized spacial score (nSPS) is 32.3. The molecule has 0 saturated carbocycles. The van der Waals surface area contributed by atoms with Crippen LogP contribution in [0, 0.1) is 17.8 Å². The Morgan fingerprint density at radius 3 is 2.55 bits per heavy atom. The Morgan fingerprint density at radius 1 is 1.45 bits per heavy atom. The Balaban J connectivity index is 2.58. The SMILES string of the molecule is CC1=CC[C@@H](C(C)C)[C@H](C)C1. The van der Waals surface area contributed by atoms with Crippen molar-refractivity contribution in [3.05, 3.63) is 11.6 Å². The molecule has 0 aliphatic heterocycles. The first-order valence-electron chi connectivity index (χ1n) is 4.77. The maximum absolute atomic E-state index is 2.42. The van der Waals surface area contributed by atoms with Crippen molar-refractivity contribution in [2.24, 2.45) is 17.8 Å². The van der Waals surface area contributed by atoms with E-state index >= 15 is 0 Å². The van der Waals surface area contributed by atoms with Gasteiger partial charge in [0, 0.05) is 0 Å². The van der Waals surface area contributed by atoms with Crippen LogP contribution in [0.3, 0.4) is 0 Å². The summed E-state index contributed by atoms with van der Waals surface area (Å²) in [5, 5.41) is 0. The van der Waals surface area contributed by atoms with Gasteiger partial charge < -0.3 is 0 Å². The molecule has 0 aromatic carbocycles. The number of hydrogen-bond donors (Lipinski definition) is 0. The Labute approximate surface area is 70.7 Å². The summed E-state index contributed by atoms with van der Waals surface area (Å²) in [7, 11) is 0. The van der Waals surface area contributed by atoms with Crippen molar-refractivity contribution in [2.75, 3.05) is 0 Å². The Morgan fingerprint density at radius 2 is 2.09 bits per heavy atom. The van der Waals surface area contributed by atoms with Crippen LogP contribution >= 0.6 is 0 Å². The summed E-state index contributed by atoms with van der Waals surface area (Å²) in [5.74, 6) is 2.69. The van der Waals surface area contributed by atoms with Gasteiger partial charge in [0.05, 0.1) is 0 Å². The van der Waals surface area contributed by atoms with Crippen LogP contribution in [0.4, 0.5) is 0 Å². The average Bonchev–Trinajstić information content (AvgIpc) is 1.85. The maximum Gasteiger partial charge on any atom is -0.0294 e. The highest BCUT2D eigenvalue weighted by Gasteiger charge is 2.22. The van der Waals surface area contributed by atoms with Crippen LogP contribution in [0.1, 0.15) is 40.5 Å². The van der Waals surface area contributed by atoms with Gasteiger partial charge in [0.15, 0.2) is 0 Å². The molecule has 0 aromatic heterocycles. The fourth-order valence-corrected chi connectivity index (χ4v) is 2.24. The molecule has 64 valence electrons. The minimum atomic E-state index is 0.856. The zero-order valence-electron chi connectivity index (χ0n) is 8.22. The van der Waals surface area contributed by atoms with Gasteiger partial charge in [0.2, 0.25) is 0 Å². The lowest BCUT2D eigenvalue weighted by Crippen LogP contribution is -2.20. The Hall–Kier alpha value is -0.260. The van der Waals surface area contributed by atoms with Crippen LogP contribution in [0.5, 0.6) is 0 Å². The summed E-state index contributed by atoms with van der Waals surface area (Å²) in [6, 6.07) is 0. The molecule has 0 heteroatoms. The van der Waals surface area contributed by atoms with E-state index in [1.807, 2.05) is 0 Å². The molecule has 0 amide bonds. The molecule has 0 unspecified atom stereocenters. The number of hydrogen-bond acceptors (Lipinski definition) is 0. The summed E-state index contributed by atoms with van der Waals surface area (Å²) in [6.07, 6.45) is 5.05. The molecule has 0 radical (unpaired) electrons. The van der Waals surface area contributed by atoms with Crippen LogP contribution in [0.15, 0.2) is 11.6 Å². The molecule has 0 nitrogen and oxygen atoms in total. The fraction of sp³-hybridized carbons (Fsp3) is 0.818. The van der Waals surface area contributed by atoms with Gasteiger partial charge in [0.25, 0.3) is 0 Å². The molecule has 1 rings (SSSR count). The molecule has 2 atom stereocenters. The van der Waals surface area contributed by atoms with Gasteiger partial charge in [-0.2, -0.15) is 0 Å². The van der Waals surface area contributed by atoms with Gasteiger partial charge in [-0.05, 0) is 37.5 Å². The van der Waals surface area contributed by atoms with Gasteiger partial charge in [-0.3, -0.25) is 0 Å². The smallest absolute Gasteiger partial charge is 0.0294 e. The molecule has 0 aromatic rings. The fourth-order valence-electron chi connectivity index (χ4n) is 2.24. The van der Waals surface area contributed by atoms with Crippen molar-refractivity contribution in [2.45, 2.75) is 40.5 Å². The largest absolute Gasteiger partial charge is 0.0853 e. The van der Waals surface area contributed by atoms with E-state index < -0.39 is 0 Å². The van der Waals surface area contributed by atoms with Crippen molar-refractivity contribution in [3.8, 4) is 0 Å². The van der Waals surface area contributed by atoms with E-state index in [-0.39, 0.29) is 0 Å². The monoisotopic (exact) mass is 152 g/mol. The Bertz CT molecular complexity index is 153. The second-order valence-corrected chi connectivity index (χ2v) is 4.38. The molecule has 0 fully saturated rings. The third-order valence-electron chi connectivity index (χ3n) is 2.97. The van der Waals surface area contributed by atoms with E-state index in [1.54, 1.807) is 5.57 Å².